The summed E-state index contributed by atoms with van der Waals surface area (Å²) in [6.07, 6.45) is -0.0302. The van der Waals surface area contributed by atoms with Gasteiger partial charge in [0.15, 0.2) is 0 Å². The van der Waals surface area contributed by atoms with Crippen molar-refractivity contribution in [3.05, 3.63) is 24.3 Å². The number of halogens is 3. The fourth-order valence-corrected chi connectivity index (χ4v) is 3.59. The molecular weight excluding hydrogens is 309 g/mol. The molecule has 0 radical (unpaired) electrons. The van der Waals surface area contributed by atoms with E-state index in [4.69, 9.17) is 0 Å². The van der Waals surface area contributed by atoms with E-state index in [1.807, 2.05) is 0 Å². The summed E-state index contributed by atoms with van der Waals surface area (Å²) >= 11 is 0. The Morgan fingerprint density at radius 3 is 2.61 bits per heavy atom. The Bertz CT molecular complexity index is 565. The normalized spacial score (nSPS) is 26.8. The van der Waals surface area contributed by atoms with Gasteiger partial charge < -0.3 is 15.4 Å². The zero-order chi connectivity index (χ0) is 16.4. The van der Waals surface area contributed by atoms with Crippen molar-refractivity contribution >= 4 is 11.6 Å². The average Bonchev–Trinajstić information content (AvgIpc) is 2.76. The summed E-state index contributed by atoms with van der Waals surface area (Å²) in [7, 11) is 0. The van der Waals surface area contributed by atoms with Gasteiger partial charge in [-0.15, -0.1) is 13.2 Å². The summed E-state index contributed by atoms with van der Waals surface area (Å²) in [5.41, 5.74) is 0.314. The molecule has 2 heterocycles. The molecule has 3 rings (SSSR count). The highest BCUT2D eigenvalue weighted by Crippen LogP contribution is 2.33. The van der Waals surface area contributed by atoms with Crippen molar-refractivity contribution in [2.45, 2.75) is 50.6 Å². The van der Waals surface area contributed by atoms with Gasteiger partial charge in [0, 0.05) is 30.3 Å². The van der Waals surface area contributed by atoms with Crippen molar-refractivity contribution in [3.63, 3.8) is 0 Å². The van der Waals surface area contributed by atoms with E-state index in [-0.39, 0.29) is 11.7 Å². The molecule has 2 atom stereocenters. The van der Waals surface area contributed by atoms with Gasteiger partial charge in [-0.25, -0.2) is 0 Å². The topological polar surface area (TPSA) is 50.4 Å². The molecule has 1 aromatic rings. The van der Waals surface area contributed by atoms with Crippen molar-refractivity contribution in [3.8, 4) is 5.75 Å². The zero-order valence-corrected chi connectivity index (χ0v) is 12.5. The maximum Gasteiger partial charge on any atom is 0.573 e. The van der Waals surface area contributed by atoms with Gasteiger partial charge in [-0.3, -0.25) is 4.79 Å². The zero-order valence-electron chi connectivity index (χ0n) is 12.5. The highest BCUT2D eigenvalue weighted by molar-refractivity contribution is 5.91. The van der Waals surface area contributed by atoms with Crippen molar-refractivity contribution < 1.29 is 22.7 Å². The lowest BCUT2D eigenvalue weighted by molar-refractivity contribution is -0.274. The number of hydrogen-bond acceptors (Lipinski definition) is 3. The Hall–Kier alpha value is -1.76. The summed E-state index contributed by atoms with van der Waals surface area (Å²) in [6.45, 7) is 0. The van der Waals surface area contributed by atoms with Crippen molar-refractivity contribution in [2.24, 2.45) is 5.92 Å². The van der Waals surface area contributed by atoms with Crippen LogP contribution in [0.1, 0.15) is 32.1 Å². The van der Waals surface area contributed by atoms with Crippen LogP contribution in [0.5, 0.6) is 5.75 Å². The standard InChI is InChI=1S/C16H19F3N2O2/c17-16(18,19)23-14-3-1-2-11(9-14)21-15(22)8-10-6-12-4-5-13(7-10)20-12/h1-3,9-10,12-13,20H,4-8H2,(H,21,22). The number of alkyl halides is 3. The van der Waals surface area contributed by atoms with Gasteiger partial charge in [0.1, 0.15) is 5.75 Å². The van der Waals surface area contributed by atoms with Gasteiger partial charge in [0.05, 0.1) is 0 Å². The Morgan fingerprint density at radius 2 is 1.96 bits per heavy atom. The molecule has 7 heteroatoms. The van der Waals surface area contributed by atoms with Crippen LogP contribution in [0.25, 0.3) is 0 Å². The van der Waals surface area contributed by atoms with E-state index >= 15 is 0 Å². The van der Waals surface area contributed by atoms with Gasteiger partial charge in [-0.1, -0.05) is 6.07 Å². The van der Waals surface area contributed by atoms with Gasteiger partial charge in [0.25, 0.3) is 0 Å². The lowest BCUT2D eigenvalue weighted by Gasteiger charge is -2.28. The molecule has 1 aromatic carbocycles. The lowest BCUT2D eigenvalue weighted by atomic mass is 9.89. The Labute approximate surface area is 132 Å². The fraction of sp³-hybridized carbons (Fsp3) is 0.562. The molecule has 2 saturated heterocycles. The van der Waals surface area contributed by atoms with Gasteiger partial charge in [-0.05, 0) is 43.7 Å². The fourth-order valence-electron chi connectivity index (χ4n) is 3.59. The first-order valence-electron chi connectivity index (χ1n) is 7.79. The average molecular weight is 328 g/mol. The molecule has 1 amide bonds. The van der Waals surface area contributed by atoms with Crippen LogP contribution < -0.4 is 15.4 Å². The third-order valence-corrected chi connectivity index (χ3v) is 4.40. The van der Waals surface area contributed by atoms with E-state index in [0.29, 0.717) is 30.1 Å². The van der Waals surface area contributed by atoms with Crippen LogP contribution in [-0.4, -0.2) is 24.4 Å². The second-order valence-corrected chi connectivity index (χ2v) is 6.30. The smallest absolute Gasteiger partial charge is 0.406 e. The molecule has 2 unspecified atom stereocenters. The molecule has 0 aromatic heterocycles. The first kappa shape index (κ1) is 16.1. The maximum absolute atomic E-state index is 12.2. The van der Waals surface area contributed by atoms with E-state index in [2.05, 4.69) is 15.4 Å². The number of ether oxygens (including phenoxy) is 1. The van der Waals surface area contributed by atoms with Gasteiger partial charge in [0.2, 0.25) is 5.91 Å². The Kier molecular flexibility index (Phi) is 4.48. The van der Waals surface area contributed by atoms with Crippen LogP contribution in [0.2, 0.25) is 0 Å². The highest BCUT2D eigenvalue weighted by Gasteiger charge is 2.34. The molecular formula is C16H19F3N2O2. The SMILES string of the molecule is O=C(CC1CC2CCC(C1)N2)Nc1cccc(OC(F)(F)F)c1. The molecule has 2 aliphatic rings. The second-order valence-electron chi connectivity index (χ2n) is 6.30. The summed E-state index contributed by atoms with van der Waals surface area (Å²) in [4.78, 5) is 12.1. The Morgan fingerprint density at radius 1 is 1.26 bits per heavy atom. The number of benzene rings is 1. The number of hydrogen-bond donors (Lipinski definition) is 2. The number of fused-ring (bicyclic) bond motifs is 2. The van der Waals surface area contributed by atoms with E-state index in [0.717, 1.165) is 12.8 Å². The summed E-state index contributed by atoms with van der Waals surface area (Å²) in [6, 6.07) is 6.37. The third-order valence-electron chi connectivity index (χ3n) is 4.40. The van der Waals surface area contributed by atoms with Crippen LogP contribution in [0.4, 0.5) is 18.9 Å². The largest absolute Gasteiger partial charge is 0.573 e. The summed E-state index contributed by atoms with van der Waals surface area (Å²) < 4.78 is 40.5. The number of amides is 1. The van der Waals surface area contributed by atoms with Crippen LogP contribution >= 0.6 is 0 Å². The second kappa shape index (κ2) is 6.39. The van der Waals surface area contributed by atoms with Crippen molar-refractivity contribution in [2.75, 3.05) is 5.32 Å². The van der Waals surface area contributed by atoms with Crippen LogP contribution in [0.15, 0.2) is 24.3 Å². The van der Waals surface area contributed by atoms with E-state index in [1.54, 1.807) is 6.07 Å². The Balaban J connectivity index is 1.54. The molecule has 0 spiro atoms. The molecule has 0 aliphatic carbocycles. The number of anilines is 1. The monoisotopic (exact) mass is 328 g/mol. The van der Waals surface area contributed by atoms with E-state index in [9.17, 15) is 18.0 Å². The molecule has 2 N–H and O–H groups in total. The molecule has 4 nitrogen and oxygen atoms in total. The number of rotatable bonds is 4. The van der Waals surface area contributed by atoms with Crippen LogP contribution in [-0.2, 0) is 4.79 Å². The molecule has 2 aliphatic heterocycles. The van der Waals surface area contributed by atoms with Crippen molar-refractivity contribution in [1.82, 2.24) is 5.32 Å². The molecule has 2 fully saturated rings. The number of carbonyl (C=O) groups is 1. The minimum absolute atomic E-state index is 0.166. The number of nitrogens with one attached hydrogen (secondary N) is 2. The van der Waals surface area contributed by atoms with Gasteiger partial charge >= 0.3 is 6.36 Å². The third kappa shape index (κ3) is 4.60. The highest BCUT2D eigenvalue weighted by atomic mass is 19.4. The molecule has 23 heavy (non-hydrogen) atoms. The van der Waals surface area contributed by atoms with E-state index < -0.39 is 6.36 Å². The van der Waals surface area contributed by atoms with Gasteiger partial charge in [-0.2, -0.15) is 0 Å². The first-order valence-corrected chi connectivity index (χ1v) is 7.79. The molecule has 2 bridgehead atoms. The first-order chi connectivity index (χ1) is 10.9. The number of piperidine rings is 1. The summed E-state index contributed by atoms with van der Waals surface area (Å²) in [5, 5.41) is 6.18. The maximum atomic E-state index is 12.2. The minimum Gasteiger partial charge on any atom is -0.406 e. The minimum atomic E-state index is -4.74. The molecule has 0 saturated carbocycles. The van der Waals surface area contributed by atoms with Crippen LogP contribution in [0.3, 0.4) is 0 Å². The lowest BCUT2D eigenvalue weighted by Crippen LogP contribution is -2.39. The molecule has 126 valence electrons. The van der Waals surface area contributed by atoms with Crippen molar-refractivity contribution in [1.29, 1.82) is 0 Å². The number of carbonyl (C=O) groups excluding carboxylic acids is 1. The quantitative estimate of drug-likeness (QED) is 0.890. The predicted octanol–water partition coefficient (Wildman–Crippen LogP) is 3.44. The predicted molar refractivity (Wildman–Crippen MR) is 79.0 cm³/mol. The summed E-state index contributed by atoms with van der Waals surface area (Å²) in [5.74, 6) is -0.168. The van der Waals surface area contributed by atoms with E-state index in [1.165, 1.54) is 31.0 Å². The van der Waals surface area contributed by atoms with Crippen LogP contribution in [0, 0.1) is 5.92 Å².